The van der Waals surface area contributed by atoms with Crippen molar-refractivity contribution in [3.8, 4) is 5.75 Å². The highest BCUT2D eigenvalue weighted by Crippen LogP contribution is 2.14. The molecule has 0 aliphatic carbocycles. The van der Waals surface area contributed by atoms with Crippen LogP contribution in [0.5, 0.6) is 5.75 Å². The highest BCUT2D eigenvalue weighted by Gasteiger charge is 2.24. The van der Waals surface area contributed by atoms with Gasteiger partial charge in [-0.1, -0.05) is 26.0 Å². The molecule has 21 heavy (non-hydrogen) atoms. The van der Waals surface area contributed by atoms with Gasteiger partial charge in [-0.25, -0.2) is 0 Å². The smallest absolute Gasteiger partial charge is 0.159 e. The van der Waals surface area contributed by atoms with Crippen molar-refractivity contribution in [2.75, 3.05) is 26.2 Å². The van der Waals surface area contributed by atoms with Gasteiger partial charge in [0.2, 0.25) is 0 Å². The van der Waals surface area contributed by atoms with Crippen LogP contribution in [0.2, 0.25) is 0 Å². The second-order valence-corrected chi connectivity index (χ2v) is 6.64. The van der Waals surface area contributed by atoms with Crippen molar-refractivity contribution < 1.29 is 14.4 Å². The summed E-state index contributed by atoms with van der Waals surface area (Å²) in [5.74, 6) is 2.58. The number of carbonyl (C=O) groups excluding carboxylic acids is 1. The predicted molar refractivity (Wildman–Crippen MR) is 85.1 cm³/mol. The van der Waals surface area contributed by atoms with E-state index in [1.165, 1.54) is 26.1 Å². The fourth-order valence-electron chi connectivity index (χ4n) is 3.44. The average molecular weight is 290 g/mol. The van der Waals surface area contributed by atoms with Crippen molar-refractivity contribution >= 4 is 5.78 Å². The molecule has 1 fully saturated rings. The first-order chi connectivity index (χ1) is 10.0. The van der Waals surface area contributed by atoms with Gasteiger partial charge in [0.05, 0.1) is 26.2 Å². The van der Waals surface area contributed by atoms with Gasteiger partial charge in [-0.05, 0) is 25.5 Å². The van der Waals surface area contributed by atoms with Crippen molar-refractivity contribution in [1.82, 2.24) is 0 Å². The van der Waals surface area contributed by atoms with Crippen LogP contribution in [0.15, 0.2) is 24.3 Å². The Hall–Kier alpha value is -1.35. The van der Waals surface area contributed by atoms with E-state index >= 15 is 0 Å². The summed E-state index contributed by atoms with van der Waals surface area (Å²) in [6.07, 6.45) is 2.44. The molecule has 1 aliphatic rings. The number of piperidine rings is 1. The number of hydrogen-bond donors (Lipinski definition) is 1. The third-order valence-corrected chi connectivity index (χ3v) is 4.26. The molecule has 1 N–H and O–H groups in total. The molecule has 0 bridgehead atoms. The summed E-state index contributed by atoms with van der Waals surface area (Å²) >= 11 is 0. The van der Waals surface area contributed by atoms with Gasteiger partial charge in [-0.3, -0.25) is 4.79 Å². The zero-order chi connectivity index (χ0) is 15.2. The zero-order valence-electron chi connectivity index (χ0n) is 13.5. The van der Waals surface area contributed by atoms with Crippen molar-refractivity contribution in [2.24, 2.45) is 11.8 Å². The van der Waals surface area contributed by atoms with Gasteiger partial charge in [0, 0.05) is 23.8 Å². The van der Waals surface area contributed by atoms with Gasteiger partial charge in [0.1, 0.15) is 5.75 Å². The number of hydrogen-bond acceptors (Lipinski definition) is 2. The second-order valence-electron chi connectivity index (χ2n) is 6.64. The van der Waals surface area contributed by atoms with Crippen molar-refractivity contribution in [3.63, 3.8) is 0 Å². The maximum atomic E-state index is 11.3. The van der Waals surface area contributed by atoms with Crippen molar-refractivity contribution in [1.29, 1.82) is 0 Å². The molecule has 1 aromatic rings. The fourth-order valence-corrected chi connectivity index (χ4v) is 3.44. The largest absolute Gasteiger partial charge is 0.493 e. The molecule has 3 nitrogen and oxygen atoms in total. The molecule has 1 aromatic carbocycles. The second kappa shape index (κ2) is 7.60. The minimum atomic E-state index is 0.0844. The molecule has 1 unspecified atom stereocenters. The van der Waals surface area contributed by atoms with Gasteiger partial charge in [-0.2, -0.15) is 0 Å². The van der Waals surface area contributed by atoms with E-state index in [1.807, 2.05) is 24.3 Å². The van der Waals surface area contributed by atoms with E-state index in [4.69, 9.17) is 4.74 Å². The van der Waals surface area contributed by atoms with E-state index in [9.17, 15) is 4.79 Å². The minimum Gasteiger partial charge on any atom is -0.493 e. The monoisotopic (exact) mass is 290 g/mol. The maximum Gasteiger partial charge on any atom is 0.159 e. The third kappa shape index (κ3) is 5.16. The number of nitrogens with one attached hydrogen (secondary N) is 1. The number of ether oxygens (including phenoxy) is 1. The lowest BCUT2D eigenvalue weighted by Gasteiger charge is -2.31. The van der Waals surface area contributed by atoms with E-state index in [0.29, 0.717) is 0 Å². The summed E-state index contributed by atoms with van der Waals surface area (Å²) in [4.78, 5) is 13.0. The molecule has 116 valence electrons. The molecule has 1 heterocycles. The number of carbonyl (C=O) groups is 1. The van der Waals surface area contributed by atoms with E-state index in [0.717, 1.165) is 36.2 Å². The topological polar surface area (TPSA) is 30.7 Å². The molecule has 0 amide bonds. The van der Waals surface area contributed by atoms with E-state index in [1.54, 1.807) is 11.8 Å². The predicted octanol–water partition coefficient (Wildman–Crippen LogP) is 2.22. The van der Waals surface area contributed by atoms with Crippen LogP contribution in [0.25, 0.3) is 0 Å². The summed E-state index contributed by atoms with van der Waals surface area (Å²) in [6, 6.07) is 7.46. The molecule has 2 rings (SSSR count). The van der Waals surface area contributed by atoms with Gasteiger partial charge < -0.3 is 9.64 Å². The Morgan fingerprint density at radius 3 is 2.67 bits per heavy atom. The first-order valence-corrected chi connectivity index (χ1v) is 8.12. The quantitative estimate of drug-likeness (QED) is 0.643. The van der Waals surface area contributed by atoms with E-state index in [-0.39, 0.29) is 5.78 Å². The Morgan fingerprint density at radius 1 is 1.29 bits per heavy atom. The molecular weight excluding hydrogens is 262 g/mol. The Kier molecular flexibility index (Phi) is 5.80. The summed E-state index contributed by atoms with van der Waals surface area (Å²) in [7, 11) is 0. The highest BCUT2D eigenvalue weighted by molar-refractivity contribution is 5.94. The SMILES string of the molecule is CC(=O)c1cccc(OCCC[NH+]2C[C@H](C)C[C@H](C)C2)c1. The highest BCUT2D eigenvalue weighted by atomic mass is 16.5. The van der Waals surface area contributed by atoms with E-state index in [2.05, 4.69) is 13.8 Å². The zero-order valence-corrected chi connectivity index (χ0v) is 13.5. The van der Waals surface area contributed by atoms with Crippen LogP contribution in [-0.4, -0.2) is 32.0 Å². The third-order valence-electron chi connectivity index (χ3n) is 4.26. The van der Waals surface area contributed by atoms with Crippen molar-refractivity contribution in [3.05, 3.63) is 29.8 Å². The number of ketones is 1. The average Bonchev–Trinajstić information content (AvgIpc) is 2.43. The summed E-state index contributed by atoms with van der Waals surface area (Å²) < 4.78 is 5.78. The Morgan fingerprint density at radius 2 is 2.00 bits per heavy atom. The Balaban J connectivity index is 1.72. The van der Waals surface area contributed by atoms with Gasteiger partial charge in [-0.15, -0.1) is 0 Å². The molecule has 1 saturated heterocycles. The Bertz CT molecular complexity index is 462. The molecule has 1 aliphatic heterocycles. The van der Waals surface area contributed by atoms with Crippen LogP contribution in [0.3, 0.4) is 0 Å². The molecule has 3 heteroatoms. The van der Waals surface area contributed by atoms with Crippen LogP contribution in [0, 0.1) is 11.8 Å². The van der Waals surface area contributed by atoms with Crippen LogP contribution in [0.4, 0.5) is 0 Å². The van der Waals surface area contributed by atoms with Gasteiger partial charge in [0.25, 0.3) is 0 Å². The lowest BCUT2D eigenvalue weighted by molar-refractivity contribution is -0.912. The standard InChI is InChI=1S/C18H27NO2/c1-14-10-15(2)13-19(12-14)8-5-9-21-18-7-4-6-17(11-18)16(3)20/h4,6-7,11,14-15H,5,8-10,12-13H2,1-3H3/p+1/t14-,15+. The summed E-state index contributed by atoms with van der Waals surface area (Å²) in [6.45, 7) is 10.8. The van der Waals surface area contributed by atoms with Crippen LogP contribution in [-0.2, 0) is 0 Å². The first kappa shape index (κ1) is 16.0. The lowest BCUT2D eigenvalue weighted by atomic mass is 9.92. The molecular formula is C18H28NO2+. The van der Waals surface area contributed by atoms with E-state index < -0.39 is 0 Å². The molecule has 0 radical (unpaired) electrons. The molecule has 0 aromatic heterocycles. The lowest BCUT2D eigenvalue weighted by Crippen LogP contribution is -3.14. The minimum absolute atomic E-state index is 0.0844. The number of benzene rings is 1. The first-order valence-electron chi connectivity index (χ1n) is 8.12. The summed E-state index contributed by atoms with van der Waals surface area (Å²) in [5.41, 5.74) is 0.719. The fraction of sp³-hybridized carbons (Fsp3) is 0.611. The summed E-state index contributed by atoms with van der Waals surface area (Å²) in [5, 5.41) is 0. The number of rotatable bonds is 6. The molecule has 0 saturated carbocycles. The van der Waals surface area contributed by atoms with Crippen LogP contribution in [0.1, 0.15) is 44.0 Å². The molecule has 0 spiro atoms. The molecule has 3 atom stereocenters. The number of Topliss-reactive ketones (excluding diaryl/α,β-unsaturated/α-hetero) is 1. The number of likely N-dealkylation sites (tertiary alicyclic amines) is 1. The van der Waals surface area contributed by atoms with Gasteiger partial charge >= 0.3 is 0 Å². The maximum absolute atomic E-state index is 11.3. The Labute approximate surface area is 128 Å². The van der Waals surface area contributed by atoms with Crippen molar-refractivity contribution in [2.45, 2.75) is 33.6 Å². The normalized spacial score (nSPS) is 25.6. The van der Waals surface area contributed by atoms with Gasteiger partial charge in [0.15, 0.2) is 5.78 Å². The van der Waals surface area contributed by atoms with Crippen LogP contribution < -0.4 is 9.64 Å². The van der Waals surface area contributed by atoms with Crippen LogP contribution >= 0.6 is 0 Å². The number of quaternary nitrogens is 1.